The maximum Gasteiger partial charge on any atom is 0.244 e. The highest BCUT2D eigenvalue weighted by atomic mass is 79.9. The summed E-state index contributed by atoms with van der Waals surface area (Å²) < 4.78 is 26.6. The topological polar surface area (TPSA) is 86.8 Å². The fourth-order valence-electron chi connectivity index (χ4n) is 3.06. The molecule has 0 aliphatic heterocycles. The van der Waals surface area contributed by atoms with Gasteiger partial charge in [-0.05, 0) is 59.1 Å². The molecule has 0 aromatic heterocycles. The van der Waals surface area contributed by atoms with Crippen LogP contribution in [-0.4, -0.2) is 50.5 Å². The molecular formula is C22H26BrCl2N3O4S. The number of carbonyl (C=O) groups is 2. The molecule has 11 heteroatoms. The summed E-state index contributed by atoms with van der Waals surface area (Å²) >= 11 is 15.5. The number of nitrogens with one attached hydrogen (secondary N) is 1. The average molecular weight is 579 g/mol. The van der Waals surface area contributed by atoms with Crippen LogP contribution in [0.25, 0.3) is 0 Å². The molecule has 2 amide bonds. The van der Waals surface area contributed by atoms with E-state index in [1.54, 1.807) is 49.4 Å². The number of rotatable bonds is 10. The molecule has 7 nitrogen and oxygen atoms in total. The van der Waals surface area contributed by atoms with Crippen LogP contribution in [0.2, 0.25) is 10.0 Å². The van der Waals surface area contributed by atoms with Crippen molar-refractivity contribution in [2.75, 3.05) is 23.7 Å². The Balaban J connectivity index is 2.40. The standard InChI is InChI=1S/C22H26BrCl2N3O4S/c1-4-11-26-22(30)15(2)27(13-16-9-10-18(24)19(25)12-16)21(29)14-28(33(3,31)32)20-8-6-5-7-17(20)23/h5-10,12,15H,4,11,13-14H2,1-3H3,(H,26,30)/t15-/m1/s1. The van der Waals surface area contributed by atoms with Gasteiger partial charge in [-0.1, -0.05) is 48.3 Å². The van der Waals surface area contributed by atoms with Gasteiger partial charge < -0.3 is 10.2 Å². The molecule has 0 fully saturated rings. The molecule has 0 aliphatic carbocycles. The Morgan fingerprint density at radius 3 is 2.36 bits per heavy atom. The van der Waals surface area contributed by atoms with E-state index in [1.165, 1.54) is 4.90 Å². The third-order valence-electron chi connectivity index (χ3n) is 4.85. The third-order valence-corrected chi connectivity index (χ3v) is 7.39. The van der Waals surface area contributed by atoms with Crippen molar-refractivity contribution in [1.29, 1.82) is 0 Å². The van der Waals surface area contributed by atoms with Crippen molar-refractivity contribution in [3.05, 3.63) is 62.5 Å². The monoisotopic (exact) mass is 577 g/mol. The van der Waals surface area contributed by atoms with Crippen molar-refractivity contribution < 1.29 is 18.0 Å². The Kier molecular flexibility index (Phi) is 10.0. The highest BCUT2D eigenvalue weighted by Gasteiger charge is 2.30. The number of benzene rings is 2. The van der Waals surface area contributed by atoms with Crippen molar-refractivity contribution in [2.45, 2.75) is 32.9 Å². The number of carbonyl (C=O) groups excluding carboxylic acids is 2. The molecule has 2 rings (SSSR count). The van der Waals surface area contributed by atoms with Crippen molar-refractivity contribution in [3.8, 4) is 0 Å². The van der Waals surface area contributed by atoms with Crippen molar-refractivity contribution in [3.63, 3.8) is 0 Å². The maximum absolute atomic E-state index is 13.4. The van der Waals surface area contributed by atoms with Gasteiger partial charge in [0.1, 0.15) is 12.6 Å². The molecule has 2 aromatic rings. The zero-order valence-electron chi connectivity index (χ0n) is 18.5. The number of nitrogens with zero attached hydrogens (tertiary/aromatic N) is 2. The first kappa shape index (κ1) is 27.4. The van der Waals surface area contributed by atoms with E-state index in [9.17, 15) is 18.0 Å². The van der Waals surface area contributed by atoms with E-state index in [0.29, 0.717) is 32.3 Å². The summed E-state index contributed by atoms with van der Waals surface area (Å²) in [4.78, 5) is 27.4. The van der Waals surface area contributed by atoms with Crippen LogP contribution in [-0.2, 0) is 26.2 Å². The first-order valence-corrected chi connectivity index (χ1v) is 13.6. The Hall–Kier alpha value is -1.81. The van der Waals surface area contributed by atoms with E-state index in [-0.39, 0.29) is 12.5 Å². The van der Waals surface area contributed by atoms with E-state index in [4.69, 9.17) is 23.2 Å². The van der Waals surface area contributed by atoms with Gasteiger partial charge in [0, 0.05) is 17.6 Å². The molecule has 0 spiro atoms. The smallest absolute Gasteiger partial charge is 0.244 e. The largest absolute Gasteiger partial charge is 0.354 e. The van der Waals surface area contributed by atoms with Gasteiger partial charge in [-0.3, -0.25) is 13.9 Å². The van der Waals surface area contributed by atoms with Crippen molar-refractivity contribution >= 4 is 66.7 Å². The first-order chi connectivity index (χ1) is 15.5. The number of hydrogen-bond acceptors (Lipinski definition) is 4. The fourth-order valence-corrected chi connectivity index (χ4v) is 4.86. The molecule has 0 saturated carbocycles. The summed E-state index contributed by atoms with van der Waals surface area (Å²) in [7, 11) is -3.80. The number of halogens is 3. The number of hydrogen-bond donors (Lipinski definition) is 1. The van der Waals surface area contributed by atoms with Gasteiger partial charge in [-0.25, -0.2) is 8.42 Å². The summed E-state index contributed by atoms with van der Waals surface area (Å²) in [5.41, 5.74) is 0.977. The molecule has 1 N–H and O–H groups in total. The minimum atomic E-state index is -3.80. The van der Waals surface area contributed by atoms with Crippen LogP contribution in [0.3, 0.4) is 0 Å². The van der Waals surface area contributed by atoms with Gasteiger partial charge in [-0.2, -0.15) is 0 Å². The summed E-state index contributed by atoms with van der Waals surface area (Å²) in [5.74, 6) is -0.876. The van der Waals surface area contributed by atoms with Crippen LogP contribution in [0, 0.1) is 0 Å². The molecule has 180 valence electrons. The lowest BCUT2D eigenvalue weighted by Gasteiger charge is -2.31. The third kappa shape index (κ3) is 7.60. The van der Waals surface area contributed by atoms with Crippen molar-refractivity contribution in [1.82, 2.24) is 10.2 Å². The predicted molar refractivity (Wildman–Crippen MR) is 136 cm³/mol. The van der Waals surface area contributed by atoms with E-state index in [1.807, 2.05) is 6.92 Å². The first-order valence-electron chi connectivity index (χ1n) is 10.2. The summed E-state index contributed by atoms with van der Waals surface area (Å²) in [6.45, 7) is 3.55. The molecule has 0 unspecified atom stereocenters. The highest BCUT2D eigenvalue weighted by Crippen LogP contribution is 2.28. The second-order valence-corrected chi connectivity index (χ2v) is 11.0. The van der Waals surface area contributed by atoms with Crippen LogP contribution in [0.1, 0.15) is 25.8 Å². The minimum Gasteiger partial charge on any atom is -0.354 e. The Morgan fingerprint density at radius 1 is 1.12 bits per heavy atom. The highest BCUT2D eigenvalue weighted by molar-refractivity contribution is 9.10. The SMILES string of the molecule is CCCNC(=O)[C@@H](C)N(Cc1ccc(Cl)c(Cl)c1)C(=O)CN(c1ccccc1Br)S(C)(=O)=O. The molecule has 0 radical (unpaired) electrons. The molecule has 0 aliphatic rings. The van der Waals surface area contributed by atoms with Gasteiger partial charge in [0.2, 0.25) is 21.8 Å². The Bertz CT molecular complexity index is 1110. The van der Waals surface area contributed by atoms with Gasteiger partial charge in [-0.15, -0.1) is 0 Å². The molecular weight excluding hydrogens is 553 g/mol. The molecule has 1 atom stereocenters. The van der Waals surface area contributed by atoms with Crippen molar-refractivity contribution in [2.24, 2.45) is 0 Å². The Morgan fingerprint density at radius 2 is 1.79 bits per heavy atom. The van der Waals surface area contributed by atoms with Crippen LogP contribution in [0.15, 0.2) is 46.9 Å². The van der Waals surface area contributed by atoms with Gasteiger partial charge in [0.15, 0.2) is 0 Å². The number of amides is 2. The molecule has 0 bridgehead atoms. The Labute approximate surface area is 213 Å². The zero-order chi connectivity index (χ0) is 24.8. The van der Waals surface area contributed by atoms with Crippen LogP contribution >= 0.6 is 39.1 Å². The van der Waals surface area contributed by atoms with Gasteiger partial charge in [0.25, 0.3) is 0 Å². The van der Waals surface area contributed by atoms with E-state index < -0.39 is 28.5 Å². The van der Waals surface area contributed by atoms with E-state index in [0.717, 1.165) is 17.0 Å². The second kappa shape index (κ2) is 12.1. The van der Waals surface area contributed by atoms with Crippen LogP contribution in [0.5, 0.6) is 0 Å². The lowest BCUT2D eigenvalue weighted by molar-refractivity contribution is -0.139. The maximum atomic E-state index is 13.4. The normalized spacial score (nSPS) is 12.2. The number of para-hydroxylation sites is 1. The zero-order valence-corrected chi connectivity index (χ0v) is 22.4. The van der Waals surface area contributed by atoms with E-state index in [2.05, 4.69) is 21.2 Å². The molecule has 2 aromatic carbocycles. The minimum absolute atomic E-state index is 0.0456. The molecule has 0 saturated heterocycles. The van der Waals surface area contributed by atoms with Gasteiger partial charge in [0.05, 0.1) is 22.0 Å². The van der Waals surface area contributed by atoms with E-state index >= 15 is 0 Å². The summed E-state index contributed by atoms with van der Waals surface area (Å²) in [6, 6.07) is 10.8. The molecule has 0 heterocycles. The second-order valence-electron chi connectivity index (χ2n) is 7.46. The van der Waals surface area contributed by atoms with Gasteiger partial charge >= 0.3 is 0 Å². The predicted octanol–water partition coefficient (Wildman–Crippen LogP) is 4.47. The lowest BCUT2D eigenvalue weighted by atomic mass is 10.1. The average Bonchev–Trinajstić information content (AvgIpc) is 2.75. The summed E-state index contributed by atoms with van der Waals surface area (Å²) in [5, 5.41) is 3.46. The van der Waals surface area contributed by atoms with Crippen LogP contribution in [0.4, 0.5) is 5.69 Å². The van der Waals surface area contributed by atoms with Crippen LogP contribution < -0.4 is 9.62 Å². The quantitative estimate of drug-likeness (QED) is 0.451. The lowest BCUT2D eigenvalue weighted by Crippen LogP contribution is -2.51. The summed E-state index contributed by atoms with van der Waals surface area (Å²) in [6.07, 6.45) is 1.77. The molecule has 33 heavy (non-hydrogen) atoms. The fraction of sp³-hybridized carbons (Fsp3) is 0.364. The number of anilines is 1. The number of sulfonamides is 1.